The van der Waals surface area contributed by atoms with Crippen molar-refractivity contribution in [1.29, 1.82) is 0 Å². The van der Waals surface area contributed by atoms with Gasteiger partial charge in [-0.15, -0.1) is 0 Å². The van der Waals surface area contributed by atoms with Crippen LogP contribution < -0.4 is 10.2 Å². The number of hydrogen-bond donors (Lipinski definition) is 1. The smallest absolute Gasteiger partial charge is 0.133 e. The molecule has 21 heavy (non-hydrogen) atoms. The highest BCUT2D eigenvalue weighted by atomic mass is 16.5. The first-order valence-corrected chi connectivity index (χ1v) is 7.92. The zero-order valence-corrected chi connectivity index (χ0v) is 13.9. The maximum atomic E-state index is 5.33. The van der Waals surface area contributed by atoms with Crippen LogP contribution in [0.3, 0.4) is 0 Å². The molecule has 0 aliphatic carbocycles. The summed E-state index contributed by atoms with van der Waals surface area (Å²) < 4.78 is 5.33. The average molecular weight is 291 g/mol. The van der Waals surface area contributed by atoms with Crippen LogP contribution in [0.4, 0.5) is 5.82 Å². The molecule has 118 valence electrons. The lowest BCUT2D eigenvalue weighted by Crippen LogP contribution is -2.39. The minimum absolute atomic E-state index is 0.119. The van der Waals surface area contributed by atoms with Crippen LogP contribution in [0.1, 0.15) is 39.2 Å². The molecule has 4 heteroatoms. The van der Waals surface area contributed by atoms with Crippen molar-refractivity contribution in [2.75, 3.05) is 31.7 Å². The number of anilines is 1. The van der Waals surface area contributed by atoms with E-state index >= 15 is 0 Å². The van der Waals surface area contributed by atoms with Crippen LogP contribution in [0, 0.1) is 5.92 Å². The molecule has 0 spiro atoms. The molecule has 1 aliphatic rings. The van der Waals surface area contributed by atoms with Gasteiger partial charge in [-0.1, -0.05) is 6.07 Å². The molecule has 1 aromatic rings. The van der Waals surface area contributed by atoms with E-state index in [-0.39, 0.29) is 5.54 Å². The molecule has 0 saturated carbocycles. The molecule has 1 unspecified atom stereocenters. The summed E-state index contributed by atoms with van der Waals surface area (Å²) in [5.41, 5.74) is 1.40. The van der Waals surface area contributed by atoms with E-state index in [2.05, 4.69) is 42.0 Å². The second-order valence-corrected chi connectivity index (χ2v) is 7.00. The summed E-state index contributed by atoms with van der Waals surface area (Å²) in [7, 11) is 1.79. The second kappa shape index (κ2) is 7.23. The third kappa shape index (κ3) is 4.97. The molecule has 1 N–H and O–H groups in total. The summed E-state index contributed by atoms with van der Waals surface area (Å²) in [6.45, 7) is 10.4. The number of aromatic nitrogens is 1. The molecule has 1 saturated heterocycles. The van der Waals surface area contributed by atoms with Crippen molar-refractivity contribution in [1.82, 2.24) is 10.3 Å². The third-order valence-electron chi connectivity index (χ3n) is 3.90. The lowest BCUT2D eigenvalue weighted by molar-refractivity contribution is 0.143. The average Bonchev–Trinajstić information content (AvgIpc) is 2.45. The molecule has 0 radical (unpaired) electrons. The first kappa shape index (κ1) is 16.2. The van der Waals surface area contributed by atoms with Crippen molar-refractivity contribution < 1.29 is 4.74 Å². The number of ether oxygens (including phenoxy) is 1. The number of nitrogens with one attached hydrogen (secondary N) is 1. The zero-order chi connectivity index (χ0) is 15.3. The van der Waals surface area contributed by atoms with Gasteiger partial charge >= 0.3 is 0 Å². The van der Waals surface area contributed by atoms with E-state index in [0.29, 0.717) is 5.92 Å². The largest absolute Gasteiger partial charge is 0.384 e. The summed E-state index contributed by atoms with van der Waals surface area (Å²) in [5, 5.41) is 3.56. The van der Waals surface area contributed by atoms with Gasteiger partial charge in [-0.2, -0.15) is 0 Å². The Morgan fingerprint density at radius 2 is 2.24 bits per heavy atom. The number of hydrogen-bond acceptors (Lipinski definition) is 4. The molecule has 0 amide bonds. The molecular weight excluding hydrogens is 262 g/mol. The van der Waals surface area contributed by atoms with Crippen molar-refractivity contribution in [3.63, 3.8) is 0 Å². The van der Waals surface area contributed by atoms with E-state index in [4.69, 9.17) is 4.74 Å². The standard InChI is InChI=1S/C17H29N3O/c1-17(2,3)19-11-15-8-5-9-18-16(15)20-10-6-7-14(12-20)13-21-4/h5,8-9,14,19H,6-7,10-13H2,1-4H3. The van der Waals surface area contributed by atoms with E-state index in [1.54, 1.807) is 7.11 Å². The van der Waals surface area contributed by atoms with Crippen LogP contribution in [0.2, 0.25) is 0 Å². The first-order chi connectivity index (χ1) is 9.99. The highest BCUT2D eigenvalue weighted by molar-refractivity contribution is 5.47. The Bertz CT molecular complexity index is 440. The third-order valence-corrected chi connectivity index (χ3v) is 3.90. The normalized spacial score (nSPS) is 19.8. The van der Waals surface area contributed by atoms with Gasteiger partial charge in [0, 0.05) is 44.0 Å². The van der Waals surface area contributed by atoms with Crippen molar-refractivity contribution in [2.24, 2.45) is 5.92 Å². The second-order valence-electron chi connectivity index (χ2n) is 7.00. The topological polar surface area (TPSA) is 37.4 Å². The summed E-state index contributed by atoms with van der Waals surface area (Å²) in [4.78, 5) is 7.07. The number of piperidine rings is 1. The van der Waals surface area contributed by atoms with Crippen LogP contribution in [-0.2, 0) is 11.3 Å². The maximum absolute atomic E-state index is 5.33. The van der Waals surface area contributed by atoms with Crippen molar-refractivity contribution in [3.8, 4) is 0 Å². The van der Waals surface area contributed by atoms with E-state index < -0.39 is 0 Å². The first-order valence-electron chi connectivity index (χ1n) is 7.92. The lowest BCUT2D eigenvalue weighted by atomic mass is 9.98. The molecule has 0 aromatic carbocycles. The molecule has 4 nitrogen and oxygen atoms in total. The molecule has 0 bridgehead atoms. The van der Waals surface area contributed by atoms with Crippen molar-refractivity contribution in [3.05, 3.63) is 23.9 Å². The van der Waals surface area contributed by atoms with Crippen LogP contribution in [0.25, 0.3) is 0 Å². The number of nitrogens with zero attached hydrogens (tertiary/aromatic N) is 2. The quantitative estimate of drug-likeness (QED) is 0.905. The Hall–Kier alpha value is -1.13. The Morgan fingerprint density at radius 1 is 1.43 bits per heavy atom. The van der Waals surface area contributed by atoms with Crippen LogP contribution in [0.5, 0.6) is 0 Å². The van der Waals surface area contributed by atoms with Gasteiger partial charge in [-0.25, -0.2) is 4.98 Å². The number of methoxy groups -OCH3 is 1. The maximum Gasteiger partial charge on any atom is 0.133 e. The van der Waals surface area contributed by atoms with Gasteiger partial charge < -0.3 is 15.0 Å². The molecular formula is C17H29N3O. The molecule has 1 atom stereocenters. The fourth-order valence-electron chi connectivity index (χ4n) is 2.84. The molecule has 2 heterocycles. The van der Waals surface area contributed by atoms with Crippen LogP contribution in [-0.4, -0.2) is 37.3 Å². The fraction of sp³-hybridized carbons (Fsp3) is 0.706. The molecule has 1 fully saturated rings. The minimum atomic E-state index is 0.119. The number of pyridine rings is 1. The van der Waals surface area contributed by atoms with E-state index in [0.717, 1.165) is 32.1 Å². The minimum Gasteiger partial charge on any atom is -0.384 e. The van der Waals surface area contributed by atoms with Gasteiger partial charge in [-0.05, 0) is 45.6 Å². The fourth-order valence-corrected chi connectivity index (χ4v) is 2.84. The van der Waals surface area contributed by atoms with Gasteiger partial charge in [0.05, 0.1) is 6.61 Å². The van der Waals surface area contributed by atoms with Gasteiger partial charge in [0.25, 0.3) is 0 Å². The van der Waals surface area contributed by atoms with Gasteiger partial charge in [-0.3, -0.25) is 0 Å². The predicted molar refractivity (Wildman–Crippen MR) is 87.6 cm³/mol. The van der Waals surface area contributed by atoms with E-state index in [9.17, 15) is 0 Å². The van der Waals surface area contributed by atoms with Crippen molar-refractivity contribution >= 4 is 5.82 Å². The van der Waals surface area contributed by atoms with Gasteiger partial charge in [0.1, 0.15) is 5.82 Å². The monoisotopic (exact) mass is 291 g/mol. The van der Waals surface area contributed by atoms with Crippen LogP contribution in [0.15, 0.2) is 18.3 Å². The Kier molecular flexibility index (Phi) is 5.59. The highest BCUT2D eigenvalue weighted by Gasteiger charge is 2.22. The Morgan fingerprint density at radius 3 is 2.95 bits per heavy atom. The van der Waals surface area contributed by atoms with E-state index in [1.807, 2.05) is 12.3 Å². The summed E-state index contributed by atoms with van der Waals surface area (Å²) in [5.74, 6) is 1.75. The van der Waals surface area contributed by atoms with Crippen molar-refractivity contribution in [2.45, 2.75) is 45.7 Å². The van der Waals surface area contributed by atoms with E-state index in [1.165, 1.54) is 18.4 Å². The summed E-state index contributed by atoms with van der Waals surface area (Å²) in [6.07, 6.45) is 4.37. The van der Waals surface area contributed by atoms with Gasteiger partial charge in [0.2, 0.25) is 0 Å². The number of rotatable bonds is 5. The summed E-state index contributed by atoms with van der Waals surface area (Å²) >= 11 is 0. The predicted octanol–water partition coefficient (Wildman–Crippen LogP) is 2.83. The lowest BCUT2D eigenvalue weighted by Gasteiger charge is -2.34. The molecule has 2 rings (SSSR count). The Labute approximate surface area is 128 Å². The Balaban J connectivity index is 2.08. The highest BCUT2D eigenvalue weighted by Crippen LogP contribution is 2.25. The molecule has 1 aromatic heterocycles. The SMILES string of the molecule is COCC1CCCN(c2ncccc2CNC(C)(C)C)C1. The van der Waals surface area contributed by atoms with Crippen LogP contribution >= 0.6 is 0 Å². The van der Waals surface area contributed by atoms with Gasteiger partial charge in [0.15, 0.2) is 0 Å². The molecule has 1 aliphatic heterocycles. The zero-order valence-electron chi connectivity index (χ0n) is 13.9. The summed E-state index contributed by atoms with van der Waals surface area (Å²) in [6, 6.07) is 4.21.